The molecule has 0 aliphatic rings. The molecule has 0 fully saturated rings. The molecule has 9 heavy (non-hydrogen) atoms. The average molecular weight is 176 g/mol. The van der Waals surface area contributed by atoms with Gasteiger partial charge in [-0.15, -0.1) is 6.58 Å². The van der Waals surface area contributed by atoms with Gasteiger partial charge in [-0.1, -0.05) is 6.08 Å². The second kappa shape index (κ2) is 6.16. The summed E-state index contributed by atoms with van der Waals surface area (Å²) in [5.41, 5.74) is 0. The molecule has 0 radical (unpaired) electrons. The maximum Gasteiger partial charge on any atom is 1.00 e. The Morgan fingerprint density at radius 2 is 2.00 bits per heavy atom. The molecule has 0 amide bonds. The van der Waals surface area contributed by atoms with Crippen LogP contribution in [0.3, 0.4) is 0 Å². The summed E-state index contributed by atoms with van der Waals surface area (Å²) in [6.45, 7) is 3.18. The molecule has 50 valence electrons. The average Bonchev–Trinajstić information content (AvgIpc) is 1.59. The van der Waals surface area contributed by atoms with Crippen LogP contribution in [0.2, 0.25) is 0 Å². The summed E-state index contributed by atoms with van der Waals surface area (Å²) < 4.78 is 4.07. The number of hydrogen-bond donors (Lipinski definition) is 3. The van der Waals surface area contributed by atoms with Gasteiger partial charge in [-0.25, -0.2) is 0 Å². The summed E-state index contributed by atoms with van der Waals surface area (Å²) in [4.78, 5) is 24.4. The smallest absolute Gasteiger partial charge is 1.00 e. The van der Waals surface area contributed by atoms with Gasteiger partial charge in [-0.3, -0.25) is 0 Å². The van der Waals surface area contributed by atoms with Crippen LogP contribution in [-0.2, 0) is 4.43 Å². The molecule has 0 rings (SSSR count). The molecule has 0 unspecified atom stereocenters. The van der Waals surface area contributed by atoms with Crippen molar-refractivity contribution in [2.75, 3.05) is 6.61 Å². The van der Waals surface area contributed by atoms with Crippen LogP contribution < -0.4 is 51.4 Å². The van der Waals surface area contributed by atoms with Crippen molar-refractivity contribution in [3.8, 4) is 0 Å². The molecule has 6 heteroatoms. The third kappa shape index (κ3) is 12.6. The first-order chi connectivity index (χ1) is 3.56. The Labute approximate surface area is 98.6 Å². The minimum absolute atomic E-state index is 0. The maximum absolute atomic E-state index is 8.13. The molecule has 0 aromatic carbocycles. The third-order valence-corrected chi connectivity index (χ3v) is 0.949. The van der Waals surface area contributed by atoms with Crippen LogP contribution in [0, 0.1) is 0 Å². The van der Waals surface area contributed by atoms with Gasteiger partial charge in [-0.2, -0.15) is 0 Å². The maximum atomic E-state index is 8.13. The zero-order valence-corrected chi connectivity index (χ0v) is 9.36. The number of hydrogen-bond acceptors (Lipinski definition) is 4. The SMILES string of the molecule is C=CCO[Si](O)(O)O.[H-].[K+]. The van der Waals surface area contributed by atoms with E-state index >= 15 is 0 Å². The number of rotatable bonds is 3. The Kier molecular flexibility index (Phi) is 8.94. The molecule has 4 nitrogen and oxygen atoms in total. The minimum atomic E-state index is -4.25. The van der Waals surface area contributed by atoms with Crippen LogP contribution in [0.4, 0.5) is 0 Å². The molecule has 0 aliphatic heterocycles. The van der Waals surface area contributed by atoms with E-state index in [2.05, 4.69) is 11.0 Å². The van der Waals surface area contributed by atoms with Gasteiger partial charge < -0.3 is 20.2 Å². The van der Waals surface area contributed by atoms with Gasteiger partial charge in [0.05, 0.1) is 6.61 Å². The van der Waals surface area contributed by atoms with E-state index in [1.54, 1.807) is 0 Å². The van der Waals surface area contributed by atoms with Gasteiger partial charge in [-0.05, 0) is 0 Å². The predicted octanol–water partition coefficient (Wildman–Crippen LogP) is -4.28. The topological polar surface area (TPSA) is 69.9 Å². The Balaban J connectivity index is -0.000000245. The van der Waals surface area contributed by atoms with Crippen molar-refractivity contribution in [1.82, 2.24) is 0 Å². The molecular weight excluding hydrogens is 167 g/mol. The van der Waals surface area contributed by atoms with Crippen molar-refractivity contribution in [2.24, 2.45) is 0 Å². The van der Waals surface area contributed by atoms with Crippen LogP contribution in [0.25, 0.3) is 0 Å². The fraction of sp³-hybridized carbons (Fsp3) is 0.333. The molecule has 0 aliphatic carbocycles. The van der Waals surface area contributed by atoms with Crippen LogP contribution in [0.5, 0.6) is 0 Å². The second-order valence-corrected chi connectivity index (χ2v) is 2.61. The third-order valence-electron chi connectivity index (χ3n) is 0.395. The molecule has 0 atom stereocenters. The summed E-state index contributed by atoms with van der Waals surface area (Å²) in [5.74, 6) is 0. The van der Waals surface area contributed by atoms with Crippen molar-refractivity contribution in [3.63, 3.8) is 0 Å². The summed E-state index contributed by atoms with van der Waals surface area (Å²) in [6.07, 6.45) is 1.31. The van der Waals surface area contributed by atoms with Crippen molar-refractivity contribution in [1.29, 1.82) is 0 Å². The second-order valence-electron chi connectivity index (χ2n) is 1.17. The van der Waals surface area contributed by atoms with Crippen molar-refractivity contribution in [2.45, 2.75) is 0 Å². The first kappa shape index (κ1) is 13.1. The van der Waals surface area contributed by atoms with Gasteiger partial charge in [0.2, 0.25) is 0 Å². The van der Waals surface area contributed by atoms with E-state index in [1.807, 2.05) is 0 Å². The van der Waals surface area contributed by atoms with Crippen molar-refractivity contribution in [3.05, 3.63) is 12.7 Å². The summed E-state index contributed by atoms with van der Waals surface area (Å²) in [7, 11) is -4.25. The van der Waals surface area contributed by atoms with E-state index in [1.165, 1.54) is 6.08 Å². The molecule has 0 aromatic heterocycles. The Bertz CT molecular complexity index is 85.1. The monoisotopic (exact) mass is 176 g/mol. The van der Waals surface area contributed by atoms with Gasteiger partial charge in [0.15, 0.2) is 0 Å². The zero-order valence-electron chi connectivity index (χ0n) is 6.24. The molecular formula is C3H9KO4Si. The van der Waals surface area contributed by atoms with E-state index in [9.17, 15) is 0 Å². The van der Waals surface area contributed by atoms with Gasteiger partial charge in [0.25, 0.3) is 0 Å². The first-order valence-electron chi connectivity index (χ1n) is 1.98. The summed E-state index contributed by atoms with van der Waals surface area (Å²) >= 11 is 0. The van der Waals surface area contributed by atoms with Gasteiger partial charge in [0.1, 0.15) is 0 Å². The van der Waals surface area contributed by atoms with E-state index in [-0.39, 0.29) is 59.4 Å². The Morgan fingerprint density at radius 3 is 2.11 bits per heavy atom. The van der Waals surface area contributed by atoms with Crippen molar-refractivity contribution < 1.29 is 71.6 Å². The normalized spacial score (nSPS) is 10.1. The predicted molar refractivity (Wildman–Crippen MR) is 29.7 cm³/mol. The van der Waals surface area contributed by atoms with Crippen LogP contribution in [0.15, 0.2) is 12.7 Å². The summed E-state index contributed by atoms with van der Waals surface area (Å²) in [5, 5.41) is 0. The largest absolute Gasteiger partial charge is 1.00 e. The molecule has 0 saturated carbocycles. The molecule has 0 saturated heterocycles. The quantitative estimate of drug-likeness (QED) is 0.301. The minimum Gasteiger partial charge on any atom is -1.00 e. The van der Waals surface area contributed by atoms with Crippen LogP contribution in [0.1, 0.15) is 1.43 Å². The van der Waals surface area contributed by atoms with E-state index < -0.39 is 9.05 Å². The molecule has 0 aromatic rings. The van der Waals surface area contributed by atoms with Gasteiger partial charge in [0, 0.05) is 0 Å². The van der Waals surface area contributed by atoms with E-state index in [4.69, 9.17) is 14.4 Å². The summed E-state index contributed by atoms with van der Waals surface area (Å²) in [6, 6.07) is 0. The standard InChI is InChI=1S/C3H8O4Si.K.H/c1-2-3-7-8(4,5)6;;/h2,4-6H,1,3H2;;/q;+1;-1. The van der Waals surface area contributed by atoms with Crippen molar-refractivity contribution >= 4 is 9.05 Å². The van der Waals surface area contributed by atoms with E-state index in [0.717, 1.165) is 0 Å². The molecule has 0 heterocycles. The molecule has 0 spiro atoms. The van der Waals surface area contributed by atoms with Crippen LogP contribution >= 0.6 is 0 Å². The fourth-order valence-electron chi connectivity index (χ4n) is 0.171. The first-order valence-corrected chi connectivity index (χ1v) is 3.73. The fourth-order valence-corrected chi connectivity index (χ4v) is 0.512. The molecule has 3 N–H and O–H groups in total. The van der Waals surface area contributed by atoms with Gasteiger partial charge >= 0.3 is 60.4 Å². The van der Waals surface area contributed by atoms with Crippen LogP contribution in [-0.4, -0.2) is 30.0 Å². The molecule has 0 bridgehead atoms. The van der Waals surface area contributed by atoms with E-state index in [0.29, 0.717) is 0 Å². The Hall–Kier alpha value is 1.43. The zero-order chi connectivity index (χ0) is 6.62. The Morgan fingerprint density at radius 1 is 1.56 bits per heavy atom.